The van der Waals surface area contributed by atoms with Gasteiger partial charge in [0.15, 0.2) is 0 Å². The topological polar surface area (TPSA) is 66.9 Å². The maximum Gasteiger partial charge on any atom is 0.250 e. The molecule has 0 aromatic carbocycles. The number of carbonyl (C=O) groups is 1. The Morgan fingerprint density at radius 3 is 2.93 bits per heavy atom. The highest BCUT2D eigenvalue weighted by molar-refractivity contribution is 6.20. The minimum atomic E-state index is -0.548. The highest BCUT2D eigenvalue weighted by atomic mass is 16.1. The van der Waals surface area contributed by atoms with Gasteiger partial charge in [0.25, 0.3) is 5.91 Å². The van der Waals surface area contributed by atoms with Crippen LogP contribution in [0.15, 0.2) is 36.5 Å². The molecular weight excluding hydrogens is 176 g/mol. The van der Waals surface area contributed by atoms with Crippen LogP contribution in [-0.2, 0) is 4.79 Å². The van der Waals surface area contributed by atoms with Crippen molar-refractivity contribution in [3.05, 3.63) is 36.5 Å². The summed E-state index contributed by atoms with van der Waals surface area (Å²) in [7, 11) is 0. The molecule has 3 heteroatoms. The van der Waals surface area contributed by atoms with Crippen LogP contribution in [0.5, 0.6) is 0 Å². The van der Waals surface area contributed by atoms with Crippen molar-refractivity contribution >= 4 is 11.6 Å². The first-order chi connectivity index (χ1) is 6.48. The fourth-order valence-electron chi connectivity index (χ4n) is 1.37. The third kappa shape index (κ3) is 1.99. The molecular formula is C11H14N2O. The monoisotopic (exact) mass is 190 g/mol. The number of hydrogen-bond acceptors (Lipinski definition) is 2. The fourth-order valence-corrected chi connectivity index (χ4v) is 1.37. The van der Waals surface area contributed by atoms with Crippen LogP contribution in [0.2, 0.25) is 0 Å². The van der Waals surface area contributed by atoms with E-state index in [4.69, 9.17) is 11.1 Å². The summed E-state index contributed by atoms with van der Waals surface area (Å²) in [5.41, 5.74) is 5.44. The van der Waals surface area contributed by atoms with Crippen molar-refractivity contribution in [3.8, 4) is 0 Å². The number of nitrogens with one attached hydrogen (secondary N) is 1. The van der Waals surface area contributed by atoms with Crippen molar-refractivity contribution in [2.24, 2.45) is 11.1 Å². The molecule has 1 amide bonds. The van der Waals surface area contributed by atoms with Gasteiger partial charge in [-0.25, -0.2) is 0 Å². The molecule has 0 heterocycles. The standard InChI is InChI=1S/C11H14N2O/c1-3-11(2)6-4-5-8(10(13)14)9(12)7-11/h3-6,12H,1,7H2,2H3,(H2,13,14). The molecule has 0 aromatic rings. The average Bonchev–Trinajstić information content (AvgIpc) is 2.25. The quantitative estimate of drug-likeness (QED) is 0.638. The molecule has 0 saturated carbocycles. The number of hydrogen-bond donors (Lipinski definition) is 2. The van der Waals surface area contributed by atoms with E-state index in [9.17, 15) is 4.79 Å². The van der Waals surface area contributed by atoms with E-state index in [1.54, 1.807) is 18.2 Å². The Bertz CT molecular complexity index is 352. The smallest absolute Gasteiger partial charge is 0.250 e. The van der Waals surface area contributed by atoms with Crippen molar-refractivity contribution in [2.45, 2.75) is 13.3 Å². The second kappa shape index (κ2) is 3.62. The maximum absolute atomic E-state index is 11.0. The maximum atomic E-state index is 11.0. The Morgan fingerprint density at radius 1 is 1.79 bits per heavy atom. The molecule has 0 aromatic heterocycles. The lowest BCUT2D eigenvalue weighted by atomic mass is 9.84. The first kappa shape index (κ1) is 10.4. The summed E-state index contributed by atoms with van der Waals surface area (Å²) < 4.78 is 0. The molecule has 1 unspecified atom stereocenters. The fraction of sp³-hybridized carbons (Fsp3) is 0.273. The lowest BCUT2D eigenvalue weighted by Crippen LogP contribution is -2.23. The first-order valence-corrected chi connectivity index (χ1v) is 4.39. The molecule has 1 atom stereocenters. The van der Waals surface area contributed by atoms with Gasteiger partial charge in [0.05, 0.1) is 5.57 Å². The van der Waals surface area contributed by atoms with E-state index < -0.39 is 5.91 Å². The van der Waals surface area contributed by atoms with Crippen molar-refractivity contribution in [1.82, 2.24) is 0 Å². The third-order valence-corrected chi connectivity index (χ3v) is 2.35. The zero-order valence-electron chi connectivity index (χ0n) is 8.21. The van der Waals surface area contributed by atoms with Crippen molar-refractivity contribution in [2.75, 3.05) is 0 Å². The normalized spacial score (nSPS) is 26.6. The molecule has 0 bridgehead atoms. The van der Waals surface area contributed by atoms with Crippen LogP contribution in [0.4, 0.5) is 0 Å². The molecule has 74 valence electrons. The van der Waals surface area contributed by atoms with Gasteiger partial charge in [0.2, 0.25) is 0 Å². The zero-order valence-corrected chi connectivity index (χ0v) is 8.21. The number of carbonyl (C=O) groups excluding carboxylic acids is 1. The van der Waals surface area contributed by atoms with Gasteiger partial charge in [-0.3, -0.25) is 4.79 Å². The van der Waals surface area contributed by atoms with Crippen LogP contribution >= 0.6 is 0 Å². The second-order valence-electron chi connectivity index (χ2n) is 3.67. The van der Waals surface area contributed by atoms with Crippen molar-refractivity contribution < 1.29 is 4.79 Å². The molecule has 14 heavy (non-hydrogen) atoms. The number of rotatable bonds is 2. The summed E-state index contributed by atoms with van der Waals surface area (Å²) in [6.45, 7) is 5.68. The minimum absolute atomic E-state index is 0.259. The molecule has 0 fully saturated rings. The Labute approximate surface area is 83.5 Å². The van der Waals surface area contributed by atoms with Crippen LogP contribution in [-0.4, -0.2) is 11.6 Å². The van der Waals surface area contributed by atoms with E-state index in [2.05, 4.69) is 6.58 Å². The number of nitrogens with two attached hydrogens (primary N) is 1. The van der Waals surface area contributed by atoms with Gasteiger partial charge in [-0.1, -0.05) is 25.2 Å². The SMILES string of the molecule is C=CC1(C)C=CC=C(C(N)=O)C(=N)C1. The highest BCUT2D eigenvalue weighted by Gasteiger charge is 2.24. The number of amides is 1. The summed E-state index contributed by atoms with van der Waals surface area (Å²) in [5, 5.41) is 7.72. The van der Waals surface area contributed by atoms with Gasteiger partial charge in [-0.05, 0) is 6.08 Å². The van der Waals surface area contributed by atoms with Crippen LogP contribution in [0.1, 0.15) is 13.3 Å². The van der Waals surface area contributed by atoms with Crippen LogP contribution in [0, 0.1) is 10.8 Å². The summed E-state index contributed by atoms with van der Waals surface area (Å²) in [4.78, 5) is 11.0. The largest absolute Gasteiger partial charge is 0.366 e. The Balaban J connectivity index is 3.01. The molecule has 0 aliphatic heterocycles. The van der Waals surface area contributed by atoms with Gasteiger partial charge in [-0.2, -0.15) is 0 Å². The third-order valence-electron chi connectivity index (χ3n) is 2.35. The van der Waals surface area contributed by atoms with Crippen LogP contribution in [0.25, 0.3) is 0 Å². The predicted molar refractivity (Wildman–Crippen MR) is 57.1 cm³/mol. The molecule has 3 N–H and O–H groups in total. The average molecular weight is 190 g/mol. The summed E-state index contributed by atoms with van der Waals surface area (Å²) >= 11 is 0. The van der Waals surface area contributed by atoms with E-state index in [1.807, 2.05) is 13.0 Å². The molecule has 0 saturated heterocycles. The first-order valence-electron chi connectivity index (χ1n) is 4.39. The van der Waals surface area contributed by atoms with E-state index in [1.165, 1.54) is 0 Å². The van der Waals surface area contributed by atoms with Gasteiger partial charge >= 0.3 is 0 Å². The molecule has 1 aliphatic carbocycles. The van der Waals surface area contributed by atoms with Gasteiger partial charge in [0.1, 0.15) is 0 Å². The van der Waals surface area contributed by atoms with E-state index in [-0.39, 0.29) is 16.7 Å². The van der Waals surface area contributed by atoms with E-state index in [0.29, 0.717) is 6.42 Å². The predicted octanol–water partition coefficient (Wildman–Crippen LogP) is 1.57. The Hall–Kier alpha value is -1.64. The van der Waals surface area contributed by atoms with Crippen LogP contribution < -0.4 is 5.73 Å². The van der Waals surface area contributed by atoms with Gasteiger partial charge < -0.3 is 11.1 Å². The molecule has 0 spiro atoms. The second-order valence-corrected chi connectivity index (χ2v) is 3.67. The number of primary amides is 1. The Kier molecular flexibility index (Phi) is 2.70. The lowest BCUT2D eigenvalue weighted by molar-refractivity contribution is -0.114. The zero-order chi connectivity index (χ0) is 10.8. The van der Waals surface area contributed by atoms with Gasteiger partial charge in [-0.15, -0.1) is 6.58 Å². The van der Waals surface area contributed by atoms with Crippen LogP contribution in [0.3, 0.4) is 0 Å². The lowest BCUT2D eigenvalue weighted by Gasteiger charge is -2.20. The number of allylic oxidation sites excluding steroid dienone is 4. The minimum Gasteiger partial charge on any atom is -0.366 e. The highest BCUT2D eigenvalue weighted by Crippen LogP contribution is 2.28. The van der Waals surface area contributed by atoms with Gasteiger partial charge in [0, 0.05) is 17.5 Å². The summed E-state index contributed by atoms with van der Waals surface area (Å²) in [6, 6.07) is 0. The summed E-state index contributed by atoms with van der Waals surface area (Å²) in [6.07, 6.45) is 7.49. The molecule has 1 aliphatic rings. The van der Waals surface area contributed by atoms with E-state index >= 15 is 0 Å². The summed E-state index contributed by atoms with van der Waals surface area (Å²) in [5.74, 6) is -0.548. The van der Waals surface area contributed by atoms with E-state index in [0.717, 1.165) is 0 Å². The molecule has 0 radical (unpaired) electrons. The molecule has 1 rings (SSSR count). The molecule has 3 nitrogen and oxygen atoms in total. The van der Waals surface area contributed by atoms with Crippen molar-refractivity contribution in [1.29, 1.82) is 5.41 Å². The Morgan fingerprint density at radius 2 is 2.43 bits per heavy atom. The van der Waals surface area contributed by atoms with Crippen molar-refractivity contribution in [3.63, 3.8) is 0 Å².